The molecule has 0 bridgehead atoms. The van der Waals surface area contributed by atoms with E-state index in [1.54, 1.807) is 0 Å². The molecular weight excluding hydrogens is 545 g/mol. The summed E-state index contributed by atoms with van der Waals surface area (Å²) in [6.07, 6.45) is 0. The monoisotopic (exact) mass is 548 g/mol. The van der Waals surface area contributed by atoms with Crippen LogP contribution in [0.2, 0.25) is 0 Å². The van der Waals surface area contributed by atoms with E-state index in [9.17, 15) is 0 Å². The van der Waals surface area contributed by atoms with Crippen molar-refractivity contribution in [3.63, 3.8) is 0 Å². The van der Waals surface area contributed by atoms with Gasteiger partial charge < -0.3 is 0 Å². The maximum atomic E-state index is 9.11. The van der Waals surface area contributed by atoms with Gasteiger partial charge in [0.1, 0.15) is 0 Å². The second kappa shape index (κ2) is 21.1. The first-order valence-corrected chi connectivity index (χ1v) is 11.5. The van der Waals surface area contributed by atoms with E-state index in [0.29, 0.717) is 0 Å². The first-order chi connectivity index (χ1) is 3.73. The van der Waals surface area contributed by atoms with Crippen molar-refractivity contribution in [2.75, 3.05) is 0 Å². The van der Waals surface area contributed by atoms with Crippen molar-refractivity contribution in [2.24, 2.45) is 0 Å². The molecule has 0 aromatic carbocycles. The molecule has 0 saturated heterocycles. The van der Waals surface area contributed by atoms with E-state index in [2.05, 4.69) is 11.2 Å². The van der Waals surface area contributed by atoms with Gasteiger partial charge in [0.15, 0.2) is 0 Å². The van der Waals surface area contributed by atoms with Crippen LogP contribution in [0.25, 0.3) is 0 Å². The van der Waals surface area contributed by atoms with Crippen molar-refractivity contribution in [2.45, 2.75) is 0 Å². The van der Waals surface area contributed by atoms with Crippen LogP contribution in [0.1, 0.15) is 0 Å². The summed E-state index contributed by atoms with van der Waals surface area (Å²) in [4.78, 5) is 0. The van der Waals surface area contributed by atoms with E-state index in [-0.39, 0.29) is 66.8 Å². The van der Waals surface area contributed by atoms with Crippen LogP contribution in [0, 0.1) is 0 Å². The van der Waals surface area contributed by atoms with Crippen LogP contribution in [0.5, 0.6) is 0 Å². The molecule has 0 aliphatic carbocycles. The zero-order valence-electron chi connectivity index (χ0n) is 4.78. The predicted molar refractivity (Wildman–Crippen MR) is 67.2 cm³/mol. The molecule has 0 rings (SSSR count). The van der Waals surface area contributed by atoms with Gasteiger partial charge in [-0.2, -0.15) is 4.21 Å². The fourth-order valence-electron chi connectivity index (χ4n) is 0. The van der Waals surface area contributed by atoms with E-state index >= 15 is 0 Å². The second-order valence-corrected chi connectivity index (χ2v) is 12.2. The Balaban J connectivity index is -0.0000000146. The molecule has 2 N–H and O–H groups in total. The van der Waals surface area contributed by atoms with Crippen LogP contribution in [-0.4, -0.2) is 42.9 Å². The summed E-state index contributed by atoms with van der Waals surface area (Å²) in [6.45, 7) is 0. The molecule has 0 spiro atoms. The SMILES string of the molecule is Cl.Cl.Cl.O=S(O)(O)=S.[Cl][Au]([Cl])[Cl].[NaH]. The van der Waals surface area contributed by atoms with Crippen LogP contribution in [0.4, 0.5) is 0 Å². The van der Waals surface area contributed by atoms with Gasteiger partial charge in [-0.25, -0.2) is 0 Å². The molecule has 0 aromatic heterocycles. The summed E-state index contributed by atoms with van der Waals surface area (Å²) in [6, 6.07) is 0. The Bertz CT molecular complexity index is 137. The van der Waals surface area contributed by atoms with Crippen molar-refractivity contribution >= 4 is 115 Å². The molecule has 0 radical (unpaired) electrons. The van der Waals surface area contributed by atoms with Crippen LogP contribution >= 0.6 is 64.8 Å². The molecule has 0 amide bonds. The molecule has 0 atom stereocenters. The molecule has 13 heavy (non-hydrogen) atoms. The predicted octanol–water partition coefficient (Wildman–Crippen LogP) is 2.36. The Morgan fingerprint density at radius 2 is 1.08 bits per heavy atom. The Morgan fingerprint density at radius 1 is 1.08 bits per heavy atom. The van der Waals surface area contributed by atoms with Crippen LogP contribution in [-0.2, 0) is 35.4 Å². The first kappa shape index (κ1) is 36.0. The molecule has 13 heteroatoms. The zero-order chi connectivity index (χ0) is 8.08. The Morgan fingerprint density at radius 3 is 1.08 bits per heavy atom. The van der Waals surface area contributed by atoms with Crippen LogP contribution < -0.4 is 0 Å². The fourth-order valence-corrected chi connectivity index (χ4v) is 0. The van der Waals surface area contributed by atoms with Gasteiger partial charge in [-0.15, -0.1) is 37.2 Å². The van der Waals surface area contributed by atoms with Crippen molar-refractivity contribution in [3.8, 4) is 0 Å². The molecule has 0 saturated carbocycles. The Labute approximate surface area is 140 Å². The molecule has 3 nitrogen and oxygen atoms in total. The summed E-state index contributed by atoms with van der Waals surface area (Å²) in [5.74, 6) is 0. The van der Waals surface area contributed by atoms with Crippen molar-refractivity contribution in [1.29, 1.82) is 0 Å². The van der Waals surface area contributed by atoms with Gasteiger partial charge in [0, 0.05) is 11.2 Å². The Kier molecular flexibility index (Phi) is 58.3. The Hall–Kier alpha value is 3.77. The van der Waals surface area contributed by atoms with E-state index in [4.69, 9.17) is 40.9 Å². The van der Waals surface area contributed by atoms with Gasteiger partial charge in [0.05, 0.1) is 0 Å². The first-order valence-electron chi connectivity index (χ1n) is 1.04. The number of hydrogen-bond donors (Lipinski definition) is 2. The van der Waals surface area contributed by atoms with Crippen LogP contribution in [0.15, 0.2) is 0 Å². The summed E-state index contributed by atoms with van der Waals surface area (Å²) in [5, 5.41) is 0. The van der Waals surface area contributed by atoms with E-state index in [1.807, 2.05) is 0 Å². The standard InChI is InChI=1S/Au.6ClH.Na.H2O3S2.H/c;;;;;;;;1-5(2,3)4;/h;6*1H;;(H2,1,2,3,4);/q+3;;;;;;;;;/p-3. The van der Waals surface area contributed by atoms with Crippen molar-refractivity contribution in [1.82, 2.24) is 0 Å². The molecule has 0 unspecified atom stereocenters. The number of rotatable bonds is 0. The summed E-state index contributed by atoms with van der Waals surface area (Å²) in [7, 11) is 11.0. The minimum absolute atomic E-state index is 0. The van der Waals surface area contributed by atoms with Gasteiger partial charge >= 0.3 is 72.3 Å². The van der Waals surface area contributed by atoms with Gasteiger partial charge in [0.25, 0.3) is 9.05 Å². The molecule has 0 aliphatic heterocycles. The molecule has 0 fully saturated rings. The molecule has 0 heterocycles. The summed E-state index contributed by atoms with van der Waals surface area (Å²) < 4.78 is 24.0. The molecule has 0 aliphatic rings. The zero-order valence-corrected chi connectivity index (χ0v) is 13.3. The second-order valence-electron chi connectivity index (χ2n) is 0.577. The van der Waals surface area contributed by atoms with Gasteiger partial charge in [-0.05, 0) is 0 Å². The van der Waals surface area contributed by atoms with Gasteiger partial charge in [-0.3, -0.25) is 9.11 Å². The third kappa shape index (κ3) is 210. The minimum atomic E-state index is -3.83. The number of hydrogen-bond acceptors (Lipinski definition) is 2. The molecule has 0 aromatic rings. The third-order valence-corrected chi connectivity index (χ3v) is 0. The normalized spacial score (nSPS) is 7.92. The molecule has 90 valence electrons. The summed E-state index contributed by atoms with van der Waals surface area (Å²) in [5.41, 5.74) is 0. The van der Waals surface area contributed by atoms with Gasteiger partial charge in [-0.1, -0.05) is 0 Å². The average molecular weight is 551 g/mol. The topological polar surface area (TPSA) is 57.5 Å². The molecular formula is H6AuCl6NaO3S2. The van der Waals surface area contributed by atoms with E-state index < -0.39 is 24.3 Å². The van der Waals surface area contributed by atoms with E-state index in [0.717, 1.165) is 0 Å². The van der Waals surface area contributed by atoms with Gasteiger partial charge in [0.2, 0.25) is 0 Å². The van der Waals surface area contributed by atoms with Crippen molar-refractivity contribution < 1.29 is 28.5 Å². The van der Waals surface area contributed by atoms with E-state index in [1.165, 1.54) is 0 Å². The summed E-state index contributed by atoms with van der Waals surface area (Å²) >= 11 is 1.68. The maximum absolute atomic E-state index is 9.11. The average Bonchev–Trinajstić information content (AvgIpc) is 1.19. The third-order valence-electron chi connectivity index (χ3n) is 0. The van der Waals surface area contributed by atoms with Crippen LogP contribution in [0.3, 0.4) is 0 Å². The number of halogens is 6. The quantitative estimate of drug-likeness (QED) is 0.455. The van der Waals surface area contributed by atoms with Crippen molar-refractivity contribution in [3.05, 3.63) is 0 Å². The fraction of sp³-hybridized carbons (Fsp3) is 0.